The maximum atomic E-state index is 12.6. The Morgan fingerprint density at radius 3 is 2.44 bits per heavy atom. The van der Waals surface area contributed by atoms with Crippen molar-refractivity contribution in [3.8, 4) is 5.75 Å². The number of phenolic OH excluding ortho intramolecular Hbond substituents is 1. The Morgan fingerprint density at radius 1 is 1.20 bits per heavy atom. The van der Waals surface area contributed by atoms with Crippen LogP contribution >= 0.6 is 23.2 Å². The van der Waals surface area contributed by atoms with Gasteiger partial charge in [-0.05, 0) is 44.8 Å². The van der Waals surface area contributed by atoms with Crippen LogP contribution in [-0.2, 0) is 4.79 Å². The Bertz CT molecular complexity index is 647. The van der Waals surface area contributed by atoms with Crippen LogP contribution in [0.2, 0.25) is 10.0 Å². The molecule has 1 aromatic rings. The molecule has 0 aliphatic carbocycles. The third-order valence-corrected chi connectivity index (χ3v) is 6.25. The molecule has 2 aliphatic rings. The first-order valence-electron chi connectivity index (χ1n) is 8.77. The lowest BCUT2D eigenvalue weighted by Crippen LogP contribution is -2.44. The Balaban J connectivity index is 1.60. The van der Waals surface area contributed by atoms with Gasteiger partial charge in [-0.15, -0.1) is 0 Å². The Hall–Kier alpha value is -1.01. The van der Waals surface area contributed by atoms with E-state index in [4.69, 9.17) is 28.9 Å². The van der Waals surface area contributed by atoms with Crippen LogP contribution in [0.3, 0.4) is 0 Å². The number of hydrogen-bond acceptors (Lipinski definition) is 4. The number of benzene rings is 1. The van der Waals surface area contributed by atoms with E-state index in [-0.39, 0.29) is 29.5 Å². The third kappa shape index (κ3) is 4.05. The zero-order chi connectivity index (χ0) is 18.1. The fourth-order valence-electron chi connectivity index (χ4n) is 3.95. The van der Waals surface area contributed by atoms with E-state index >= 15 is 0 Å². The quantitative estimate of drug-likeness (QED) is 0.838. The van der Waals surface area contributed by atoms with Gasteiger partial charge >= 0.3 is 0 Å². The molecule has 0 bridgehead atoms. The Kier molecular flexibility index (Phi) is 5.78. The number of nitrogens with zero attached hydrogens (tertiary/aromatic N) is 2. The van der Waals surface area contributed by atoms with E-state index in [0.717, 1.165) is 45.4 Å². The van der Waals surface area contributed by atoms with Crippen LogP contribution in [0, 0.1) is 11.8 Å². The standard InChI is InChI=1S/C18H25Cl2N3O2/c1-22-5-2-12(10-22)18(25)23-6-3-11(4-7-23)17(21)13-8-14(19)15(20)9-16(13)24/h8-9,11-12,17,24H,2-7,10,21H2,1H3/t12-,17?/m0/s1. The summed E-state index contributed by atoms with van der Waals surface area (Å²) in [5.41, 5.74) is 7.00. The first-order valence-corrected chi connectivity index (χ1v) is 9.53. The highest BCUT2D eigenvalue weighted by Gasteiger charge is 2.33. The van der Waals surface area contributed by atoms with Gasteiger partial charge in [-0.25, -0.2) is 0 Å². The van der Waals surface area contributed by atoms with Crippen LogP contribution in [0.4, 0.5) is 0 Å². The number of aromatic hydroxyl groups is 1. The lowest BCUT2D eigenvalue weighted by Gasteiger charge is -2.36. The van der Waals surface area contributed by atoms with Gasteiger partial charge in [0.15, 0.2) is 0 Å². The second-order valence-corrected chi connectivity index (χ2v) is 8.08. The first kappa shape index (κ1) is 18.8. The van der Waals surface area contributed by atoms with Crippen LogP contribution in [0.5, 0.6) is 5.75 Å². The number of amides is 1. The minimum Gasteiger partial charge on any atom is -0.508 e. The number of piperidine rings is 1. The molecule has 3 N–H and O–H groups in total. The van der Waals surface area contributed by atoms with Crippen molar-refractivity contribution >= 4 is 29.1 Å². The first-order chi connectivity index (χ1) is 11.9. The zero-order valence-corrected chi connectivity index (χ0v) is 15.9. The van der Waals surface area contributed by atoms with Crippen LogP contribution in [0.15, 0.2) is 12.1 Å². The fourth-order valence-corrected chi connectivity index (χ4v) is 4.28. The second kappa shape index (κ2) is 7.70. The highest BCUT2D eigenvalue weighted by atomic mass is 35.5. The Morgan fingerprint density at radius 2 is 1.84 bits per heavy atom. The van der Waals surface area contributed by atoms with Gasteiger partial charge in [0.25, 0.3) is 0 Å². The maximum absolute atomic E-state index is 12.6. The molecule has 5 nitrogen and oxygen atoms in total. The minimum atomic E-state index is -0.315. The molecule has 3 rings (SSSR count). The number of halogens is 2. The van der Waals surface area contributed by atoms with Crippen molar-refractivity contribution in [3.63, 3.8) is 0 Å². The molecule has 2 fully saturated rings. The van der Waals surface area contributed by atoms with Gasteiger partial charge in [-0.2, -0.15) is 0 Å². The average Bonchev–Trinajstić information content (AvgIpc) is 3.03. The van der Waals surface area contributed by atoms with E-state index in [1.54, 1.807) is 6.07 Å². The summed E-state index contributed by atoms with van der Waals surface area (Å²) in [4.78, 5) is 16.8. The van der Waals surface area contributed by atoms with Gasteiger partial charge in [-0.3, -0.25) is 4.79 Å². The summed E-state index contributed by atoms with van der Waals surface area (Å²) in [5.74, 6) is 0.691. The molecule has 2 saturated heterocycles. The molecule has 25 heavy (non-hydrogen) atoms. The van der Waals surface area contributed by atoms with Gasteiger partial charge in [-0.1, -0.05) is 23.2 Å². The van der Waals surface area contributed by atoms with E-state index in [2.05, 4.69) is 11.9 Å². The molecule has 0 aromatic heterocycles. The maximum Gasteiger partial charge on any atom is 0.227 e. The van der Waals surface area contributed by atoms with Crippen molar-refractivity contribution in [1.82, 2.24) is 9.80 Å². The van der Waals surface area contributed by atoms with Crippen molar-refractivity contribution in [2.75, 3.05) is 33.2 Å². The van der Waals surface area contributed by atoms with Gasteiger partial charge in [0.2, 0.25) is 5.91 Å². The molecule has 1 unspecified atom stereocenters. The molecular weight excluding hydrogens is 361 g/mol. The number of rotatable bonds is 3. The molecule has 2 atom stereocenters. The van der Waals surface area contributed by atoms with Crippen molar-refractivity contribution in [2.24, 2.45) is 17.6 Å². The minimum absolute atomic E-state index is 0.0781. The summed E-state index contributed by atoms with van der Waals surface area (Å²) in [6, 6.07) is 2.77. The summed E-state index contributed by atoms with van der Waals surface area (Å²) in [5, 5.41) is 10.8. The predicted molar refractivity (Wildman–Crippen MR) is 100.0 cm³/mol. The highest BCUT2D eigenvalue weighted by Crippen LogP contribution is 2.38. The number of phenols is 1. The topological polar surface area (TPSA) is 69.8 Å². The van der Waals surface area contributed by atoms with E-state index in [0.29, 0.717) is 15.6 Å². The number of nitrogens with two attached hydrogens (primary N) is 1. The molecule has 1 aromatic carbocycles. The molecule has 138 valence electrons. The van der Waals surface area contributed by atoms with Crippen molar-refractivity contribution in [1.29, 1.82) is 0 Å². The number of likely N-dealkylation sites (tertiary alicyclic amines) is 2. The largest absolute Gasteiger partial charge is 0.508 e. The molecule has 7 heteroatoms. The van der Waals surface area contributed by atoms with Crippen LogP contribution < -0.4 is 5.73 Å². The third-order valence-electron chi connectivity index (χ3n) is 5.53. The molecule has 0 saturated carbocycles. The average molecular weight is 386 g/mol. The van der Waals surface area contributed by atoms with Crippen molar-refractivity contribution in [3.05, 3.63) is 27.7 Å². The fraction of sp³-hybridized carbons (Fsp3) is 0.611. The summed E-state index contributed by atoms with van der Waals surface area (Å²) >= 11 is 12.0. The SMILES string of the molecule is CN1CC[C@H](C(=O)N2CCC(C(N)c3cc(Cl)c(Cl)cc3O)CC2)C1. The molecular formula is C18H25Cl2N3O2. The highest BCUT2D eigenvalue weighted by molar-refractivity contribution is 6.42. The van der Waals surface area contributed by atoms with E-state index in [1.807, 2.05) is 4.90 Å². The summed E-state index contributed by atoms with van der Waals surface area (Å²) in [7, 11) is 2.06. The van der Waals surface area contributed by atoms with E-state index in [1.165, 1.54) is 6.07 Å². The van der Waals surface area contributed by atoms with Crippen molar-refractivity contribution < 1.29 is 9.90 Å². The number of carbonyl (C=O) groups excluding carboxylic acids is 1. The monoisotopic (exact) mass is 385 g/mol. The number of hydrogen-bond donors (Lipinski definition) is 2. The van der Waals surface area contributed by atoms with Gasteiger partial charge < -0.3 is 20.6 Å². The summed E-state index contributed by atoms with van der Waals surface area (Å²) < 4.78 is 0. The van der Waals surface area contributed by atoms with E-state index in [9.17, 15) is 9.90 Å². The van der Waals surface area contributed by atoms with E-state index < -0.39 is 0 Å². The van der Waals surface area contributed by atoms with Gasteiger partial charge in [0, 0.05) is 37.3 Å². The molecule has 0 spiro atoms. The second-order valence-electron chi connectivity index (χ2n) is 7.26. The smallest absolute Gasteiger partial charge is 0.227 e. The number of carbonyl (C=O) groups is 1. The van der Waals surface area contributed by atoms with Gasteiger partial charge in [0.1, 0.15) is 5.75 Å². The van der Waals surface area contributed by atoms with Gasteiger partial charge in [0.05, 0.1) is 16.0 Å². The summed E-state index contributed by atoms with van der Waals surface area (Å²) in [6.45, 7) is 3.29. The van der Waals surface area contributed by atoms with Crippen LogP contribution in [0.1, 0.15) is 30.9 Å². The molecule has 2 heterocycles. The Labute approximate surface area is 158 Å². The lowest BCUT2D eigenvalue weighted by molar-refractivity contribution is -0.136. The summed E-state index contributed by atoms with van der Waals surface area (Å²) in [6.07, 6.45) is 2.61. The van der Waals surface area contributed by atoms with Crippen LogP contribution in [-0.4, -0.2) is 54.0 Å². The molecule has 1 amide bonds. The molecule has 0 radical (unpaired) electrons. The zero-order valence-electron chi connectivity index (χ0n) is 14.4. The lowest BCUT2D eigenvalue weighted by atomic mass is 9.85. The van der Waals surface area contributed by atoms with Crippen molar-refractivity contribution in [2.45, 2.75) is 25.3 Å². The molecule has 2 aliphatic heterocycles. The normalized spacial score (nSPS) is 23.8. The van der Waals surface area contributed by atoms with Crippen LogP contribution in [0.25, 0.3) is 0 Å². The predicted octanol–water partition coefficient (Wildman–Crippen LogP) is 2.89.